The van der Waals surface area contributed by atoms with Crippen molar-refractivity contribution in [1.29, 1.82) is 0 Å². The third kappa shape index (κ3) is 3.06. The van der Waals surface area contributed by atoms with Gasteiger partial charge in [0.05, 0.1) is 12.2 Å². The molecule has 1 aliphatic rings. The van der Waals surface area contributed by atoms with Crippen LogP contribution in [0.15, 0.2) is 10.6 Å². The highest BCUT2D eigenvalue weighted by Gasteiger charge is 2.28. The molecule has 90 valence electrons. The first-order valence-corrected chi connectivity index (χ1v) is 6.22. The second-order valence-corrected chi connectivity index (χ2v) is 4.36. The van der Waals surface area contributed by atoms with E-state index in [2.05, 4.69) is 35.3 Å². The summed E-state index contributed by atoms with van der Waals surface area (Å²) in [6.45, 7) is 8.05. The standard InChI is InChI=1S/C12H21N3O/c1-3-13-8-10-7-12(16-14-10)9-15(4-2)11-5-6-11/h7,11,13H,3-6,8-9H2,1-2H3. The van der Waals surface area contributed by atoms with E-state index in [4.69, 9.17) is 4.52 Å². The Kier molecular flexibility index (Phi) is 3.96. The molecule has 1 aromatic rings. The molecular weight excluding hydrogens is 202 g/mol. The van der Waals surface area contributed by atoms with E-state index in [1.54, 1.807) is 0 Å². The molecule has 1 saturated carbocycles. The monoisotopic (exact) mass is 223 g/mol. The van der Waals surface area contributed by atoms with E-state index in [0.717, 1.165) is 43.7 Å². The maximum Gasteiger partial charge on any atom is 0.151 e. The van der Waals surface area contributed by atoms with Crippen LogP contribution in [-0.2, 0) is 13.1 Å². The van der Waals surface area contributed by atoms with Crippen LogP contribution in [0.4, 0.5) is 0 Å². The molecule has 0 saturated heterocycles. The smallest absolute Gasteiger partial charge is 0.151 e. The Balaban J connectivity index is 1.85. The maximum atomic E-state index is 5.34. The molecule has 4 heteroatoms. The first-order valence-electron chi connectivity index (χ1n) is 6.22. The zero-order valence-corrected chi connectivity index (χ0v) is 10.2. The van der Waals surface area contributed by atoms with Crippen molar-refractivity contribution in [2.75, 3.05) is 13.1 Å². The fourth-order valence-electron chi connectivity index (χ4n) is 1.91. The van der Waals surface area contributed by atoms with E-state index in [0.29, 0.717) is 0 Å². The van der Waals surface area contributed by atoms with Gasteiger partial charge in [0.1, 0.15) is 0 Å². The van der Waals surface area contributed by atoms with Gasteiger partial charge in [0.25, 0.3) is 0 Å². The van der Waals surface area contributed by atoms with Gasteiger partial charge in [-0.3, -0.25) is 4.90 Å². The number of hydrogen-bond donors (Lipinski definition) is 1. The number of nitrogens with one attached hydrogen (secondary N) is 1. The van der Waals surface area contributed by atoms with Crippen LogP contribution in [0.25, 0.3) is 0 Å². The molecule has 0 spiro atoms. The minimum atomic E-state index is 0.785. The van der Waals surface area contributed by atoms with Gasteiger partial charge in [-0.25, -0.2) is 0 Å². The quantitative estimate of drug-likeness (QED) is 0.765. The molecule has 0 radical (unpaired) electrons. The zero-order valence-electron chi connectivity index (χ0n) is 10.2. The highest BCUT2D eigenvalue weighted by atomic mass is 16.5. The Morgan fingerprint density at radius 2 is 2.31 bits per heavy atom. The van der Waals surface area contributed by atoms with Crippen molar-refractivity contribution in [3.8, 4) is 0 Å². The topological polar surface area (TPSA) is 41.3 Å². The molecule has 4 nitrogen and oxygen atoms in total. The molecule has 0 atom stereocenters. The van der Waals surface area contributed by atoms with Crippen LogP contribution in [0.2, 0.25) is 0 Å². The second kappa shape index (κ2) is 5.46. The number of rotatable bonds is 7. The van der Waals surface area contributed by atoms with Crippen LogP contribution in [0.3, 0.4) is 0 Å². The van der Waals surface area contributed by atoms with Crippen LogP contribution in [0, 0.1) is 0 Å². The molecule has 0 aromatic carbocycles. The van der Waals surface area contributed by atoms with Crippen molar-refractivity contribution in [2.24, 2.45) is 0 Å². The summed E-state index contributed by atoms with van der Waals surface area (Å²) in [5.74, 6) is 0.988. The van der Waals surface area contributed by atoms with E-state index in [1.807, 2.05) is 0 Å². The lowest BCUT2D eigenvalue weighted by molar-refractivity contribution is 0.232. The highest BCUT2D eigenvalue weighted by Crippen LogP contribution is 2.27. The first-order chi connectivity index (χ1) is 7.83. The van der Waals surface area contributed by atoms with Crippen LogP contribution in [0.1, 0.15) is 38.1 Å². The summed E-state index contributed by atoms with van der Waals surface area (Å²) < 4.78 is 5.34. The van der Waals surface area contributed by atoms with Crippen molar-refractivity contribution in [3.63, 3.8) is 0 Å². The SMILES string of the molecule is CCNCc1cc(CN(CC)C2CC2)on1. The number of aromatic nitrogens is 1. The molecule has 16 heavy (non-hydrogen) atoms. The normalized spacial score (nSPS) is 15.9. The Bertz CT molecular complexity index is 320. The van der Waals surface area contributed by atoms with E-state index >= 15 is 0 Å². The lowest BCUT2D eigenvalue weighted by Gasteiger charge is -2.17. The second-order valence-electron chi connectivity index (χ2n) is 4.36. The van der Waals surface area contributed by atoms with Gasteiger partial charge in [0, 0.05) is 18.7 Å². The number of hydrogen-bond acceptors (Lipinski definition) is 4. The lowest BCUT2D eigenvalue weighted by atomic mass is 10.3. The van der Waals surface area contributed by atoms with Crippen LogP contribution >= 0.6 is 0 Å². The summed E-state index contributed by atoms with van der Waals surface area (Å²) in [7, 11) is 0. The van der Waals surface area contributed by atoms with Gasteiger partial charge in [0.2, 0.25) is 0 Å². The molecule has 2 rings (SSSR count). The van der Waals surface area contributed by atoms with E-state index in [1.165, 1.54) is 12.8 Å². The summed E-state index contributed by atoms with van der Waals surface area (Å²) in [4.78, 5) is 2.46. The van der Waals surface area contributed by atoms with Gasteiger partial charge in [0.15, 0.2) is 5.76 Å². The third-order valence-electron chi connectivity index (χ3n) is 2.99. The van der Waals surface area contributed by atoms with Gasteiger partial charge in [-0.2, -0.15) is 0 Å². The fraction of sp³-hybridized carbons (Fsp3) is 0.750. The van der Waals surface area contributed by atoms with Crippen LogP contribution in [0.5, 0.6) is 0 Å². The maximum absolute atomic E-state index is 5.34. The molecule has 0 bridgehead atoms. The first kappa shape index (κ1) is 11.6. The van der Waals surface area contributed by atoms with E-state index < -0.39 is 0 Å². The van der Waals surface area contributed by atoms with Gasteiger partial charge in [-0.05, 0) is 25.9 Å². The highest BCUT2D eigenvalue weighted by molar-refractivity contribution is 5.05. The fourth-order valence-corrected chi connectivity index (χ4v) is 1.91. The molecule has 1 fully saturated rings. The lowest BCUT2D eigenvalue weighted by Crippen LogP contribution is -2.24. The van der Waals surface area contributed by atoms with Crippen molar-refractivity contribution < 1.29 is 4.52 Å². The predicted octanol–water partition coefficient (Wildman–Crippen LogP) is 1.77. The summed E-state index contributed by atoms with van der Waals surface area (Å²) in [5.41, 5.74) is 1.00. The van der Waals surface area contributed by atoms with Crippen molar-refractivity contribution in [1.82, 2.24) is 15.4 Å². The molecule has 1 aromatic heterocycles. The molecule has 0 amide bonds. The van der Waals surface area contributed by atoms with E-state index in [-0.39, 0.29) is 0 Å². The Hall–Kier alpha value is -0.870. The third-order valence-corrected chi connectivity index (χ3v) is 2.99. The van der Waals surface area contributed by atoms with Crippen molar-refractivity contribution in [2.45, 2.75) is 45.8 Å². The van der Waals surface area contributed by atoms with Gasteiger partial charge in [-0.1, -0.05) is 19.0 Å². The Labute approximate surface area is 97.0 Å². The van der Waals surface area contributed by atoms with Gasteiger partial charge < -0.3 is 9.84 Å². The molecule has 1 heterocycles. The largest absolute Gasteiger partial charge is 0.360 e. The number of nitrogens with zero attached hydrogens (tertiary/aromatic N) is 2. The van der Waals surface area contributed by atoms with Crippen LogP contribution < -0.4 is 5.32 Å². The summed E-state index contributed by atoms with van der Waals surface area (Å²) in [6, 6.07) is 2.85. The molecule has 0 aliphatic heterocycles. The Morgan fingerprint density at radius 3 is 2.94 bits per heavy atom. The van der Waals surface area contributed by atoms with Crippen LogP contribution in [-0.4, -0.2) is 29.2 Å². The molecule has 1 N–H and O–H groups in total. The Morgan fingerprint density at radius 1 is 1.50 bits per heavy atom. The molecule has 0 unspecified atom stereocenters. The van der Waals surface area contributed by atoms with Gasteiger partial charge in [-0.15, -0.1) is 0 Å². The molecule has 1 aliphatic carbocycles. The predicted molar refractivity (Wildman–Crippen MR) is 63.0 cm³/mol. The van der Waals surface area contributed by atoms with Crippen molar-refractivity contribution >= 4 is 0 Å². The summed E-state index contributed by atoms with van der Waals surface area (Å²) >= 11 is 0. The summed E-state index contributed by atoms with van der Waals surface area (Å²) in [6.07, 6.45) is 2.68. The van der Waals surface area contributed by atoms with Crippen molar-refractivity contribution in [3.05, 3.63) is 17.5 Å². The average Bonchev–Trinajstić information content (AvgIpc) is 3.04. The summed E-state index contributed by atoms with van der Waals surface area (Å²) in [5, 5.41) is 7.30. The zero-order chi connectivity index (χ0) is 11.4. The van der Waals surface area contributed by atoms with E-state index in [9.17, 15) is 0 Å². The average molecular weight is 223 g/mol. The molecular formula is C12H21N3O. The minimum absolute atomic E-state index is 0.785. The minimum Gasteiger partial charge on any atom is -0.360 e. The van der Waals surface area contributed by atoms with Gasteiger partial charge >= 0.3 is 0 Å².